The van der Waals surface area contributed by atoms with E-state index in [4.69, 9.17) is 0 Å². The zero-order chi connectivity index (χ0) is 12.2. The number of allylic oxidation sites excluding steroid dienone is 3. The van der Waals surface area contributed by atoms with Gasteiger partial charge in [-0.1, -0.05) is 19.1 Å². The molecule has 0 radical (unpaired) electrons. The normalized spacial score (nSPS) is 13.8. The van der Waals surface area contributed by atoms with E-state index in [1.807, 2.05) is 33.1 Å². The molecular formula is C13H25N3. The van der Waals surface area contributed by atoms with Crippen LogP contribution >= 0.6 is 0 Å². The molecular weight excluding hydrogens is 198 g/mol. The lowest BCUT2D eigenvalue weighted by molar-refractivity contribution is 0.650. The highest BCUT2D eigenvalue weighted by atomic mass is 14.9. The standard InChI is InChI=1S/C13H25N3/c1-5-12(4)16-11-13(6-2)10-15-9-8-14-7-3/h5-6,11,14-15H,7-10H2,1-4H3/b12-5-,13-6-,16-11-. The molecule has 0 saturated heterocycles. The first kappa shape index (κ1) is 15.1. The molecule has 0 saturated carbocycles. The summed E-state index contributed by atoms with van der Waals surface area (Å²) in [6, 6.07) is 0. The Kier molecular flexibility index (Phi) is 9.97. The highest BCUT2D eigenvalue weighted by Gasteiger charge is 1.91. The van der Waals surface area contributed by atoms with Crippen molar-refractivity contribution in [2.75, 3.05) is 26.2 Å². The zero-order valence-corrected chi connectivity index (χ0v) is 11.0. The summed E-state index contributed by atoms with van der Waals surface area (Å²) in [6.45, 7) is 12.1. The van der Waals surface area contributed by atoms with Gasteiger partial charge in [-0.15, -0.1) is 0 Å². The molecule has 3 heteroatoms. The average molecular weight is 223 g/mol. The molecule has 0 fully saturated rings. The Hall–Kier alpha value is -0.930. The summed E-state index contributed by atoms with van der Waals surface area (Å²) in [7, 11) is 0. The van der Waals surface area contributed by atoms with Gasteiger partial charge in [0.05, 0.1) is 0 Å². The first-order valence-electron chi connectivity index (χ1n) is 5.98. The average Bonchev–Trinajstić information content (AvgIpc) is 2.32. The van der Waals surface area contributed by atoms with Crippen molar-refractivity contribution in [3.05, 3.63) is 23.4 Å². The first-order chi connectivity index (χ1) is 7.74. The van der Waals surface area contributed by atoms with Gasteiger partial charge in [-0.25, -0.2) is 0 Å². The van der Waals surface area contributed by atoms with E-state index < -0.39 is 0 Å². The molecule has 16 heavy (non-hydrogen) atoms. The number of rotatable bonds is 8. The maximum atomic E-state index is 4.34. The molecule has 0 aliphatic heterocycles. The van der Waals surface area contributed by atoms with Crippen molar-refractivity contribution in [1.82, 2.24) is 10.6 Å². The van der Waals surface area contributed by atoms with Gasteiger partial charge in [0.15, 0.2) is 0 Å². The maximum Gasteiger partial charge on any atom is 0.0330 e. The smallest absolute Gasteiger partial charge is 0.0330 e. The van der Waals surface area contributed by atoms with Gasteiger partial charge < -0.3 is 10.6 Å². The Labute approximate surface area is 99.7 Å². The van der Waals surface area contributed by atoms with Crippen LogP contribution < -0.4 is 10.6 Å². The molecule has 0 spiro atoms. The van der Waals surface area contributed by atoms with E-state index in [1.54, 1.807) is 0 Å². The van der Waals surface area contributed by atoms with E-state index >= 15 is 0 Å². The fourth-order valence-corrected chi connectivity index (χ4v) is 1.07. The highest BCUT2D eigenvalue weighted by molar-refractivity contribution is 5.79. The molecule has 0 rings (SSSR count). The number of hydrogen-bond acceptors (Lipinski definition) is 3. The highest BCUT2D eigenvalue weighted by Crippen LogP contribution is 1.95. The van der Waals surface area contributed by atoms with Gasteiger partial charge in [-0.05, 0) is 32.9 Å². The van der Waals surface area contributed by atoms with Crippen LogP contribution in [-0.2, 0) is 0 Å². The van der Waals surface area contributed by atoms with Gasteiger partial charge in [0, 0.05) is 31.5 Å². The Balaban J connectivity index is 3.81. The van der Waals surface area contributed by atoms with E-state index in [9.17, 15) is 0 Å². The monoisotopic (exact) mass is 223 g/mol. The number of nitrogens with one attached hydrogen (secondary N) is 2. The molecule has 0 unspecified atom stereocenters. The summed E-state index contributed by atoms with van der Waals surface area (Å²) < 4.78 is 0. The minimum atomic E-state index is 0.877. The van der Waals surface area contributed by atoms with Crippen molar-refractivity contribution >= 4 is 6.21 Å². The van der Waals surface area contributed by atoms with Crippen LogP contribution in [0.4, 0.5) is 0 Å². The van der Waals surface area contributed by atoms with Crippen molar-refractivity contribution < 1.29 is 0 Å². The van der Waals surface area contributed by atoms with E-state index in [2.05, 4.69) is 28.6 Å². The summed E-state index contributed by atoms with van der Waals surface area (Å²) in [5.74, 6) is 0. The van der Waals surface area contributed by atoms with Crippen LogP contribution in [0.3, 0.4) is 0 Å². The zero-order valence-electron chi connectivity index (χ0n) is 11.0. The van der Waals surface area contributed by atoms with E-state index in [1.165, 1.54) is 5.57 Å². The predicted molar refractivity (Wildman–Crippen MR) is 73.1 cm³/mol. The lowest BCUT2D eigenvalue weighted by Crippen LogP contribution is -2.28. The topological polar surface area (TPSA) is 36.4 Å². The Morgan fingerprint density at radius 1 is 1.12 bits per heavy atom. The van der Waals surface area contributed by atoms with E-state index in [0.717, 1.165) is 31.9 Å². The molecule has 0 aliphatic carbocycles. The van der Waals surface area contributed by atoms with Gasteiger partial charge in [0.2, 0.25) is 0 Å². The first-order valence-corrected chi connectivity index (χ1v) is 5.98. The van der Waals surface area contributed by atoms with Crippen LogP contribution in [0.1, 0.15) is 27.7 Å². The minimum Gasteiger partial charge on any atom is -0.316 e. The second kappa shape index (κ2) is 10.6. The van der Waals surface area contributed by atoms with Crippen molar-refractivity contribution in [3.8, 4) is 0 Å². The molecule has 0 aromatic carbocycles. The quantitative estimate of drug-likeness (QED) is 0.488. The lowest BCUT2D eigenvalue weighted by Gasteiger charge is -2.05. The van der Waals surface area contributed by atoms with Crippen LogP contribution in [0.15, 0.2) is 28.4 Å². The summed E-state index contributed by atoms with van der Waals surface area (Å²) in [5, 5.41) is 6.65. The predicted octanol–water partition coefficient (Wildman–Crippen LogP) is 2.13. The second-order valence-electron chi connectivity index (χ2n) is 3.58. The van der Waals surface area contributed by atoms with Gasteiger partial charge in [-0.3, -0.25) is 4.99 Å². The Morgan fingerprint density at radius 2 is 1.81 bits per heavy atom. The molecule has 0 aliphatic rings. The molecule has 92 valence electrons. The van der Waals surface area contributed by atoms with E-state index in [0.29, 0.717) is 0 Å². The molecule has 0 bridgehead atoms. The SMILES string of the molecule is C\C=C(/C=N\C(C)=C/C)CNCCNCC. The lowest BCUT2D eigenvalue weighted by atomic mass is 10.2. The third kappa shape index (κ3) is 8.38. The third-order valence-corrected chi connectivity index (χ3v) is 2.28. The van der Waals surface area contributed by atoms with Gasteiger partial charge in [0.25, 0.3) is 0 Å². The molecule has 0 heterocycles. The number of aliphatic imine (C=N–C) groups is 1. The number of hydrogen-bond donors (Lipinski definition) is 2. The fraction of sp³-hybridized carbons (Fsp3) is 0.615. The molecule has 0 aromatic rings. The Morgan fingerprint density at radius 3 is 2.38 bits per heavy atom. The number of likely N-dealkylation sites (N-methyl/N-ethyl adjacent to an activating group) is 1. The summed E-state index contributed by atoms with van der Waals surface area (Å²) in [4.78, 5) is 4.34. The summed E-state index contributed by atoms with van der Waals surface area (Å²) in [5.41, 5.74) is 2.27. The van der Waals surface area contributed by atoms with Crippen LogP contribution in [0.25, 0.3) is 0 Å². The van der Waals surface area contributed by atoms with Crippen LogP contribution in [-0.4, -0.2) is 32.4 Å². The van der Waals surface area contributed by atoms with Gasteiger partial charge in [-0.2, -0.15) is 0 Å². The summed E-state index contributed by atoms with van der Waals surface area (Å²) in [6.07, 6.45) is 6.02. The minimum absolute atomic E-state index is 0.877. The maximum absolute atomic E-state index is 4.34. The van der Waals surface area contributed by atoms with Crippen LogP contribution in [0.2, 0.25) is 0 Å². The van der Waals surface area contributed by atoms with Crippen molar-refractivity contribution in [3.63, 3.8) is 0 Å². The van der Waals surface area contributed by atoms with Crippen LogP contribution in [0, 0.1) is 0 Å². The van der Waals surface area contributed by atoms with Crippen LogP contribution in [0.5, 0.6) is 0 Å². The molecule has 3 nitrogen and oxygen atoms in total. The van der Waals surface area contributed by atoms with Gasteiger partial charge in [0.1, 0.15) is 0 Å². The molecule has 0 aromatic heterocycles. The number of nitrogens with zero attached hydrogens (tertiary/aromatic N) is 1. The second-order valence-corrected chi connectivity index (χ2v) is 3.58. The summed E-state index contributed by atoms with van der Waals surface area (Å²) >= 11 is 0. The van der Waals surface area contributed by atoms with Gasteiger partial charge >= 0.3 is 0 Å². The largest absolute Gasteiger partial charge is 0.316 e. The van der Waals surface area contributed by atoms with E-state index in [-0.39, 0.29) is 0 Å². The molecule has 2 N–H and O–H groups in total. The van der Waals surface area contributed by atoms with Crippen molar-refractivity contribution in [2.24, 2.45) is 4.99 Å². The van der Waals surface area contributed by atoms with Crippen molar-refractivity contribution in [2.45, 2.75) is 27.7 Å². The third-order valence-electron chi connectivity index (χ3n) is 2.28. The Bertz CT molecular complexity index is 252. The molecule has 0 amide bonds. The van der Waals surface area contributed by atoms with Crippen molar-refractivity contribution in [1.29, 1.82) is 0 Å². The molecule has 0 atom stereocenters. The fourth-order valence-electron chi connectivity index (χ4n) is 1.07.